The summed E-state index contributed by atoms with van der Waals surface area (Å²) in [4.78, 5) is 22.9. The summed E-state index contributed by atoms with van der Waals surface area (Å²) >= 11 is 0. The number of benzene rings is 1. The van der Waals surface area contributed by atoms with E-state index in [1.165, 1.54) is 6.07 Å². The van der Waals surface area contributed by atoms with Crippen LogP contribution in [0, 0.1) is 0 Å². The minimum absolute atomic E-state index is 0.0409. The van der Waals surface area contributed by atoms with Crippen molar-refractivity contribution in [2.45, 2.75) is 32.7 Å². The van der Waals surface area contributed by atoms with Gasteiger partial charge in [0.15, 0.2) is 9.84 Å². The fourth-order valence-corrected chi connectivity index (χ4v) is 3.16. The molecule has 0 bridgehead atoms. The number of carbonyl (C=O) groups excluding carboxylic acids is 1. The highest BCUT2D eigenvalue weighted by atomic mass is 32.2. The van der Waals surface area contributed by atoms with E-state index in [9.17, 15) is 18.0 Å². The molecule has 0 saturated heterocycles. The van der Waals surface area contributed by atoms with Crippen LogP contribution in [0.3, 0.4) is 0 Å². The van der Waals surface area contributed by atoms with Gasteiger partial charge in [-0.15, -0.1) is 0 Å². The van der Waals surface area contributed by atoms with E-state index in [0.717, 1.165) is 0 Å². The van der Waals surface area contributed by atoms with Crippen molar-refractivity contribution in [3.8, 4) is 0 Å². The van der Waals surface area contributed by atoms with E-state index < -0.39 is 21.8 Å². The fourth-order valence-electron chi connectivity index (χ4n) is 2.08. The molecule has 0 aliphatic heterocycles. The molecule has 1 aromatic carbocycles. The summed E-state index contributed by atoms with van der Waals surface area (Å²) in [5.41, 5.74) is 0.760. The summed E-state index contributed by atoms with van der Waals surface area (Å²) in [6.07, 6.45) is 0.405. The molecule has 1 atom stereocenters. The second kappa shape index (κ2) is 7.93. The minimum Gasteiger partial charge on any atom is -0.478 e. The number of carbonyl (C=O) groups is 2. The fraction of sp³-hybridized carbons (Fsp3) is 0.467. The molecule has 0 heterocycles. The topological polar surface area (TPSA) is 101 Å². The van der Waals surface area contributed by atoms with Gasteiger partial charge in [-0.25, -0.2) is 13.2 Å². The van der Waals surface area contributed by atoms with Gasteiger partial charge in [-0.1, -0.05) is 25.1 Å². The maximum Gasteiger partial charge on any atom is 0.335 e. The van der Waals surface area contributed by atoms with Crippen LogP contribution in [0.5, 0.6) is 0 Å². The molecule has 1 amide bonds. The zero-order chi connectivity index (χ0) is 16.8. The van der Waals surface area contributed by atoms with E-state index in [1.807, 2.05) is 0 Å². The van der Waals surface area contributed by atoms with Crippen LogP contribution >= 0.6 is 0 Å². The van der Waals surface area contributed by atoms with Gasteiger partial charge in [-0.2, -0.15) is 0 Å². The molecule has 122 valence electrons. The molecule has 1 rings (SSSR count). The van der Waals surface area contributed by atoms with Gasteiger partial charge in [0.25, 0.3) is 0 Å². The summed E-state index contributed by atoms with van der Waals surface area (Å²) in [5.74, 6) is -1.38. The highest BCUT2D eigenvalue weighted by molar-refractivity contribution is 7.91. The molecule has 0 saturated carbocycles. The van der Waals surface area contributed by atoms with E-state index in [2.05, 4.69) is 5.32 Å². The molecule has 22 heavy (non-hydrogen) atoms. The Morgan fingerprint density at radius 2 is 1.91 bits per heavy atom. The van der Waals surface area contributed by atoms with E-state index >= 15 is 0 Å². The predicted octanol–water partition coefficient (Wildman–Crippen LogP) is 1.26. The number of hydrogen-bond donors (Lipinski definition) is 2. The quantitative estimate of drug-likeness (QED) is 0.748. The van der Waals surface area contributed by atoms with Gasteiger partial charge in [0, 0.05) is 18.2 Å². The summed E-state index contributed by atoms with van der Waals surface area (Å²) < 4.78 is 22.9. The van der Waals surface area contributed by atoms with Crippen LogP contribution in [0.25, 0.3) is 0 Å². The van der Waals surface area contributed by atoms with Crippen LogP contribution in [0.15, 0.2) is 24.3 Å². The highest BCUT2D eigenvalue weighted by Gasteiger charge is 2.16. The van der Waals surface area contributed by atoms with E-state index in [4.69, 9.17) is 5.11 Å². The average molecular weight is 327 g/mol. The third kappa shape index (κ3) is 5.85. The highest BCUT2D eigenvalue weighted by Crippen LogP contribution is 2.11. The number of nitrogens with one attached hydrogen (secondary N) is 1. The van der Waals surface area contributed by atoms with Gasteiger partial charge < -0.3 is 10.4 Å². The smallest absolute Gasteiger partial charge is 0.335 e. The standard InChI is InChI=1S/C15H21NO5S/c1-3-22(20,21)10-11(2)16-14(17)9-8-12-6-4-5-7-13(12)15(18)19/h4-7,11H,3,8-10H2,1-2H3,(H,16,17)(H,18,19). The Bertz CT molecular complexity index is 639. The van der Waals surface area contributed by atoms with Crippen LogP contribution in [0.1, 0.15) is 36.2 Å². The molecule has 1 unspecified atom stereocenters. The number of hydrogen-bond acceptors (Lipinski definition) is 4. The first-order chi connectivity index (χ1) is 10.2. The zero-order valence-corrected chi connectivity index (χ0v) is 13.5. The second-order valence-electron chi connectivity index (χ2n) is 5.13. The SMILES string of the molecule is CCS(=O)(=O)CC(C)NC(=O)CCc1ccccc1C(=O)O. The van der Waals surface area contributed by atoms with Crippen LogP contribution < -0.4 is 5.32 Å². The number of carboxylic acid groups (broad SMARTS) is 1. The first-order valence-electron chi connectivity index (χ1n) is 7.06. The summed E-state index contributed by atoms with van der Waals surface area (Å²) in [7, 11) is -3.14. The van der Waals surface area contributed by atoms with Crippen molar-refractivity contribution in [2.24, 2.45) is 0 Å². The molecule has 0 aliphatic carbocycles. The summed E-state index contributed by atoms with van der Waals surface area (Å²) in [6, 6.07) is 6.04. The average Bonchev–Trinajstić information content (AvgIpc) is 2.44. The molecule has 0 radical (unpaired) electrons. The molecule has 6 nitrogen and oxygen atoms in total. The minimum atomic E-state index is -3.14. The molecule has 7 heteroatoms. The van der Waals surface area contributed by atoms with Crippen LogP contribution in [-0.4, -0.2) is 42.9 Å². The molecule has 0 aliphatic rings. The monoisotopic (exact) mass is 327 g/mol. The van der Waals surface area contributed by atoms with Gasteiger partial charge in [0.1, 0.15) is 0 Å². The summed E-state index contributed by atoms with van der Waals surface area (Å²) in [6.45, 7) is 3.20. The maximum atomic E-state index is 11.8. The van der Waals surface area contributed by atoms with Crippen molar-refractivity contribution in [1.29, 1.82) is 0 Å². The Balaban J connectivity index is 2.55. The lowest BCUT2D eigenvalue weighted by atomic mass is 10.0. The summed E-state index contributed by atoms with van der Waals surface area (Å²) in [5, 5.41) is 11.7. The van der Waals surface area contributed by atoms with Gasteiger partial charge in [-0.3, -0.25) is 4.79 Å². The number of rotatable bonds is 8. The van der Waals surface area contributed by atoms with Crippen LogP contribution in [0.2, 0.25) is 0 Å². The van der Waals surface area contributed by atoms with Gasteiger partial charge in [0.2, 0.25) is 5.91 Å². The predicted molar refractivity (Wildman–Crippen MR) is 83.7 cm³/mol. The molecule has 1 aromatic rings. The van der Waals surface area contributed by atoms with Crippen molar-refractivity contribution in [3.05, 3.63) is 35.4 Å². The number of sulfone groups is 1. The van der Waals surface area contributed by atoms with Crippen molar-refractivity contribution in [1.82, 2.24) is 5.32 Å². The van der Waals surface area contributed by atoms with E-state index in [-0.39, 0.29) is 29.4 Å². The number of amides is 1. The molecule has 0 fully saturated rings. The molecule has 0 aromatic heterocycles. The Morgan fingerprint density at radius 1 is 1.27 bits per heavy atom. The van der Waals surface area contributed by atoms with Crippen molar-refractivity contribution >= 4 is 21.7 Å². The third-order valence-electron chi connectivity index (χ3n) is 3.22. The lowest BCUT2D eigenvalue weighted by Crippen LogP contribution is -2.38. The third-order valence-corrected chi connectivity index (χ3v) is 5.11. The molecular formula is C15H21NO5S. The van der Waals surface area contributed by atoms with Gasteiger partial charge in [0.05, 0.1) is 11.3 Å². The van der Waals surface area contributed by atoms with Crippen molar-refractivity contribution in [3.63, 3.8) is 0 Å². The lowest BCUT2D eigenvalue weighted by Gasteiger charge is -2.14. The Kier molecular flexibility index (Phi) is 6.55. The molecule has 0 spiro atoms. The molecular weight excluding hydrogens is 306 g/mol. The largest absolute Gasteiger partial charge is 0.478 e. The first-order valence-corrected chi connectivity index (χ1v) is 8.88. The second-order valence-corrected chi connectivity index (χ2v) is 7.53. The lowest BCUT2D eigenvalue weighted by molar-refractivity contribution is -0.121. The number of aromatic carboxylic acids is 1. The Labute approximate surface area is 130 Å². The number of carboxylic acids is 1. The molecule has 2 N–H and O–H groups in total. The van der Waals surface area contributed by atoms with Gasteiger partial charge in [-0.05, 0) is 25.0 Å². The Morgan fingerprint density at radius 3 is 2.50 bits per heavy atom. The zero-order valence-electron chi connectivity index (χ0n) is 12.7. The van der Waals surface area contributed by atoms with Crippen LogP contribution in [0.4, 0.5) is 0 Å². The van der Waals surface area contributed by atoms with Gasteiger partial charge >= 0.3 is 5.97 Å². The van der Waals surface area contributed by atoms with E-state index in [1.54, 1.807) is 32.0 Å². The normalized spacial score (nSPS) is 12.6. The van der Waals surface area contributed by atoms with Crippen molar-refractivity contribution < 1.29 is 23.1 Å². The van der Waals surface area contributed by atoms with Crippen LogP contribution in [-0.2, 0) is 21.1 Å². The first kappa shape index (κ1) is 18.2. The number of aryl methyl sites for hydroxylation is 1. The maximum absolute atomic E-state index is 11.8. The Hall–Kier alpha value is -1.89. The van der Waals surface area contributed by atoms with Crippen molar-refractivity contribution in [2.75, 3.05) is 11.5 Å². The van der Waals surface area contributed by atoms with E-state index in [0.29, 0.717) is 12.0 Å².